The first-order valence-corrected chi connectivity index (χ1v) is 7.76. The third-order valence-electron chi connectivity index (χ3n) is 5.66. The summed E-state index contributed by atoms with van der Waals surface area (Å²) in [7, 11) is 1.99. The minimum absolute atomic E-state index is 0.171. The van der Waals surface area contributed by atoms with Crippen molar-refractivity contribution in [1.82, 2.24) is 9.78 Å². The van der Waals surface area contributed by atoms with E-state index < -0.39 is 0 Å². The molecule has 2 aromatic rings. The van der Waals surface area contributed by atoms with Crippen LogP contribution in [-0.4, -0.2) is 15.6 Å². The van der Waals surface area contributed by atoms with Gasteiger partial charge in [-0.25, -0.2) is 0 Å². The Balaban J connectivity index is 2.06. The number of benzene rings is 1. The van der Waals surface area contributed by atoms with Crippen LogP contribution in [0.25, 0.3) is 16.5 Å². The van der Waals surface area contributed by atoms with Gasteiger partial charge in [0, 0.05) is 24.3 Å². The molecule has 0 radical (unpaired) electrons. The Hall–Kier alpha value is -1.90. The van der Waals surface area contributed by atoms with Gasteiger partial charge in [0.05, 0.1) is 11.7 Å². The minimum atomic E-state index is 0.171. The summed E-state index contributed by atoms with van der Waals surface area (Å²) in [5.74, 6) is 0.327. The maximum atomic E-state index is 12.2. The van der Waals surface area contributed by atoms with Gasteiger partial charge in [0.1, 0.15) is 0 Å². The van der Waals surface area contributed by atoms with Crippen LogP contribution in [0, 0.1) is 5.41 Å². The fraction of sp³-hybridized carbons (Fsp3) is 0.444. The van der Waals surface area contributed by atoms with Gasteiger partial charge in [0.15, 0.2) is 5.78 Å². The van der Waals surface area contributed by atoms with Crippen molar-refractivity contribution < 1.29 is 4.79 Å². The monoisotopic (exact) mass is 280 g/mol. The van der Waals surface area contributed by atoms with Crippen molar-refractivity contribution >= 4 is 22.3 Å². The fourth-order valence-corrected chi connectivity index (χ4v) is 4.39. The molecule has 1 aromatic heterocycles. The van der Waals surface area contributed by atoms with Crippen LogP contribution in [0.4, 0.5) is 0 Å². The van der Waals surface area contributed by atoms with Gasteiger partial charge in [-0.3, -0.25) is 9.48 Å². The molecular weight excluding hydrogens is 260 g/mol. The van der Waals surface area contributed by atoms with Gasteiger partial charge in [-0.05, 0) is 54.5 Å². The van der Waals surface area contributed by atoms with Crippen LogP contribution in [0.3, 0.4) is 0 Å². The van der Waals surface area contributed by atoms with Crippen molar-refractivity contribution in [2.45, 2.75) is 39.5 Å². The Morgan fingerprint density at radius 2 is 2.19 bits per heavy atom. The zero-order valence-corrected chi connectivity index (χ0v) is 12.9. The Morgan fingerprint density at radius 1 is 1.38 bits per heavy atom. The topological polar surface area (TPSA) is 34.9 Å². The molecule has 3 heteroatoms. The van der Waals surface area contributed by atoms with E-state index in [1.165, 1.54) is 27.6 Å². The molecule has 0 saturated carbocycles. The smallest absolute Gasteiger partial charge is 0.158 e. The number of hydrogen-bond donors (Lipinski definition) is 0. The molecule has 0 bridgehead atoms. The molecule has 0 spiro atoms. The lowest BCUT2D eigenvalue weighted by Gasteiger charge is -2.34. The second-order valence-electron chi connectivity index (χ2n) is 6.53. The number of nitrogens with zero attached hydrogens (tertiary/aromatic N) is 2. The van der Waals surface area contributed by atoms with E-state index in [0.29, 0.717) is 12.2 Å². The van der Waals surface area contributed by atoms with E-state index >= 15 is 0 Å². The predicted octanol–water partition coefficient (Wildman–Crippen LogP) is 3.66. The Labute approximate surface area is 124 Å². The molecule has 1 aromatic carbocycles. The number of aromatic nitrogens is 2. The van der Waals surface area contributed by atoms with Crippen LogP contribution in [-0.2, 0) is 18.3 Å². The van der Waals surface area contributed by atoms with Crippen molar-refractivity contribution in [3.05, 3.63) is 35.0 Å². The quantitative estimate of drug-likeness (QED) is 0.799. The largest absolute Gasteiger partial charge is 0.295 e. The summed E-state index contributed by atoms with van der Waals surface area (Å²) in [6.07, 6.45) is 5.83. The Kier molecular flexibility index (Phi) is 2.48. The number of hydrogen-bond acceptors (Lipinski definition) is 2. The summed E-state index contributed by atoms with van der Waals surface area (Å²) in [4.78, 5) is 12.2. The summed E-state index contributed by atoms with van der Waals surface area (Å²) in [5, 5.41) is 5.66. The normalized spacial score (nSPS) is 24.6. The molecule has 0 saturated heterocycles. The highest BCUT2D eigenvalue weighted by molar-refractivity contribution is 6.07. The second kappa shape index (κ2) is 4.06. The lowest BCUT2D eigenvalue weighted by Crippen LogP contribution is -2.27. The second-order valence-corrected chi connectivity index (χ2v) is 6.53. The number of aryl methyl sites for hydroxylation is 1. The molecule has 0 fully saturated rings. The SMILES string of the molecule is CCC12CCC(=O)C(C)=C1c1ccc3c(cnn3C)c1C2. The van der Waals surface area contributed by atoms with E-state index in [2.05, 4.69) is 24.2 Å². The van der Waals surface area contributed by atoms with Crippen molar-refractivity contribution in [2.75, 3.05) is 0 Å². The highest BCUT2D eigenvalue weighted by atomic mass is 16.1. The van der Waals surface area contributed by atoms with Crippen LogP contribution in [0.1, 0.15) is 44.2 Å². The maximum Gasteiger partial charge on any atom is 0.158 e. The average Bonchev–Trinajstić information content (AvgIpc) is 3.02. The molecule has 1 unspecified atom stereocenters. The van der Waals surface area contributed by atoms with E-state index in [0.717, 1.165) is 24.8 Å². The number of ketones is 1. The molecule has 108 valence electrons. The van der Waals surface area contributed by atoms with E-state index in [-0.39, 0.29) is 5.41 Å². The van der Waals surface area contributed by atoms with Gasteiger partial charge >= 0.3 is 0 Å². The Morgan fingerprint density at radius 3 is 2.95 bits per heavy atom. The molecule has 1 heterocycles. The van der Waals surface area contributed by atoms with Crippen LogP contribution < -0.4 is 0 Å². The van der Waals surface area contributed by atoms with Crippen molar-refractivity contribution in [1.29, 1.82) is 0 Å². The maximum absolute atomic E-state index is 12.2. The highest BCUT2D eigenvalue weighted by Crippen LogP contribution is 2.56. The van der Waals surface area contributed by atoms with E-state index in [1.54, 1.807) is 0 Å². The van der Waals surface area contributed by atoms with Crippen LogP contribution in [0.2, 0.25) is 0 Å². The third kappa shape index (κ3) is 1.49. The van der Waals surface area contributed by atoms with Crippen molar-refractivity contribution in [3.63, 3.8) is 0 Å². The van der Waals surface area contributed by atoms with Gasteiger partial charge in [-0.1, -0.05) is 13.0 Å². The van der Waals surface area contributed by atoms with Crippen LogP contribution >= 0.6 is 0 Å². The number of carbonyl (C=O) groups is 1. The van der Waals surface area contributed by atoms with Crippen molar-refractivity contribution in [2.24, 2.45) is 12.5 Å². The summed E-state index contributed by atoms with van der Waals surface area (Å²) in [6.45, 7) is 4.28. The first-order chi connectivity index (χ1) is 10.1. The Bertz CT molecular complexity index is 812. The van der Waals surface area contributed by atoms with Gasteiger partial charge in [-0.2, -0.15) is 5.10 Å². The average molecular weight is 280 g/mol. The molecule has 0 N–H and O–H groups in total. The van der Waals surface area contributed by atoms with E-state index in [9.17, 15) is 4.79 Å². The first-order valence-electron chi connectivity index (χ1n) is 7.76. The van der Waals surface area contributed by atoms with Gasteiger partial charge < -0.3 is 0 Å². The van der Waals surface area contributed by atoms with Crippen LogP contribution in [0.5, 0.6) is 0 Å². The molecule has 0 amide bonds. The van der Waals surface area contributed by atoms with Crippen LogP contribution in [0.15, 0.2) is 23.9 Å². The van der Waals surface area contributed by atoms with Gasteiger partial charge in [0.25, 0.3) is 0 Å². The summed E-state index contributed by atoms with van der Waals surface area (Å²) in [6, 6.07) is 4.35. The molecule has 0 aliphatic heterocycles. The zero-order valence-electron chi connectivity index (χ0n) is 12.9. The number of rotatable bonds is 1. The molecule has 3 nitrogen and oxygen atoms in total. The molecule has 1 atom stereocenters. The van der Waals surface area contributed by atoms with Gasteiger partial charge in [-0.15, -0.1) is 0 Å². The lowest BCUT2D eigenvalue weighted by molar-refractivity contribution is -0.116. The molecule has 2 aliphatic rings. The standard InChI is InChI=1S/C18H20N2O/c1-4-18-8-7-16(21)11(2)17(18)12-5-6-15-14(13(12)9-18)10-19-20(15)3/h5-6,10H,4,7-9H2,1-3H3. The third-order valence-corrected chi connectivity index (χ3v) is 5.66. The number of carbonyl (C=O) groups excluding carboxylic acids is 1. The zero-order chi connectivity index (χ0) is 14.8. The molecule has 4 rings (SSSR count). The first kappa shape index (κ1) is 12.8. The summed E-state index contributed by atoms with van der Waals surface area (Å²) in [5.41, 5.74) is 6.36. The fourth-order valence-electron chi connectivity index (χ4n) is 4.39. The van der Waals surface area contributed by atoms with E-state index in [4.69, 9.17) is 0 Å². The predicted molar refractivity (Wildman–Crippen MR) is 84.0 cm³/mol. The highest BCUT2D eigenvalue weighted by Gasteiger charge is 2.45. The van der Waals surface area contributed by atoms with E-state index in [1.807, 2.05) is 24.9 Å². The summed E-state index contributed by atoms with van der Waals surface area (Å²) < 4.78 is 1.93. The molecule has 21 heavy (non-hydrogen) atoms. The lowest BCUT2D eigenvalue weighted by atomic mass is 9.68. The molecular formula is C18H20N2O. The summed E-state index contributed by atoms with van der Waals surface area (Å²) >= 11 is 0. The molecule has 2 aliphatic carbocycles. The number of Topliss-reactive ketones (excluding diaryl/α,β-unsaturated/α-hetero) is 1. The van der Waals surface area contributed by atoms with Gasteiger partial charge in [0.2, 0.25) is 0 Å². The number of allylic oxidation sites excluding steroid dienone is 2. The van der Waals surface area contributed by atoms with Crippen molar-refractivity contribution in [3.8, 4) is 0 Å². The number of fused-ring (bicyclic) bond motifs is 5. The minimum Gasteiger partial charge on any atom is -0.295 e.